The monoisotopic (exact) mass is 493 g/mol. The van der Waals surface area contributed by atoms with Gasteiger partial charge in [0.2, 0.25) is 0 Å². The molecular formula is C26H27N3O5S. The van der Waals surface area contributed by atoms with Crippen LogP contribution in [0.4, 0.5) is 5.69 Å². The van der Waals surface area contributed by atoms with Gasteiger partial charge in [0.15, 0.2) is 0 Å². The van der Waals surface area contributed by atoms with E-state index in [1.54, 1.807) is 66.7 Å². The summed E-state index contributed by atoms with van der Waals surface area (Å²) in [4.78, 5) is 12.7. The summed E-state index contributed by atoms with van der Waals surface area (Å²) < 4.78 is 38.4. The number of benzene rings is 3. The molecule has 0 atom stereocenters. The average molecular weight is 494 g/mol. The number of hydrazone groups is 1. The second-order valence-corrected chi connectivity index (χ2v) is 9.35. The van der Waals surface area contributed by atoms with E-state index in [1.807, 2.05) is 6.92 Å². The summed E-state index contributed by atoms with van der Waals surface area (Å²) in [5.41, 5.74) is 4.37. The first kappa shape index (κ1) is 25.5. The Bertz CT molecular complexity index is 1270. The molecule has 35 heavy (non-hydrogen) atoms. The van der Waals surface area contributed by atoms with Crippen LogP contribution < -0.4 is 19.2 Å². The van der Waals surface area contributed by atoms with E-state index in [9.17, 15) is 13.2 Å². The molecule has 0 aliphatic rings. The smallest absolute Gasteiger partial charge is 0.264 e. The molecular weight excluding hydrogens is 466 g/mol. The number of anilines is 1. The van der Waals surface area contributed by atoms with Crippen LogP contribution in [0.15, 0.2) is 95.4 Å². The van der Waals surface area contributed by atoms with Gasteiger partial charge in [-0.25, -0.2) is 13.8 Å². The number of rotatable bonds is 11. The second-order valence-electron chi connectivity index (χ2n) is 7.48. The summed E-state index contributed by atoms with van der Waals surface area (Å²) in [6.45, 7) is 5.40. The number of carbonyl (C=O) groups is 1. The van der Waals surface area contributed by atoms with E-state index in [0.717, 1.165) is 15.4 Å². The van der Waals surface area contributed by atoms with E-state index < -0.39 is 22.5 Å². The van der Waals surface area contributed by atoms with E-state index in [0.29, 0.717) is 23.8 Å². The Morgan fingerprint density at radius 1 is 1.00 bits per heavy atom. The van der Waals surface area contributed by atoms with Gasteiger partial charge in [0.1, 0.15) is 24.7 Å². The molecule has 0 aliphatic heterocycles. The summed E-state index contributed by atoms with van der Waals surface area (Å²) in [7, 11) is -2.50. The maximum Gasteiger partial charge on any atom is 0.264 e. The number of aryl methyl sites for hydroxylation is 1. The van der Waals surface area contributed by atoms with Crippen molar-refractivity contribution in [2.45, 2.75) is 11.8 Å². The highest BCUT2D eigenvalue weighted by Gasteiger charge is 2.27. The Balaban J connectivity index is 1.76. The molecule has 182 valence electrons. The Hall–Kier alpha value is -4.11. The van der Waals surface area contributed by atoms with Gasteiger partial charge in [0.25, 0.3) is 15.9 Å². The van der Waals surface area contributed by atoms with Gasteiger partial charge in [-0.05, 0) is 73.2 Å². The Morgan fingerprint density at radius 2 is 1.63 bits per heavy atom. The largest absolute Gasteiger partial charge is 0.497 e. The lowest BCUT2D eigenvalue weighted by Crippen LogP contribution is -2.39. The van der Waals surface area contributed by atoms with Crippen molar-refractivity contribution < 1.29 is 22.7 Å². The molecule has 0 unspecified atom stereocenters. The maximum atomic E-state index is 13.4. The molecule has 0 saturated carbocycles. The minimum Gasteiger partial charge on any atom is -0.497 e. The highest BCUT2D eigenvalue weighted by molar-refractivity contribution is 7.92. The molecule has 1 amide bonds. The van der Waals surface area contributed by atoms with Crippen molar-refractivity contribution in [2.75, 3.05) is 24.6 Å². The van der Waals surface area contributed by atoms with E-state index in [1.165, 1.54) is 25.5 Å². The third-order valence-electron chi connectivity index (χ3n) is 4.91. The Labute approximate surface area is 205 Å². The normalized spacial score (nSPS) is 11.1. The van der Waals surface area contributed by atoms with Gasteiger partial charge in [-0.1, -0.05) is 30.4 Å². The fourth-order valence-corrected chi connectivity index (χ4v) is 4.47. The quantitative estimate of drug-likeness (QED) is 0.248. The molecule has 0 fully saturated rings. The van der Waals surface area contributed by atoms with E-state index in [4.69, 9.17) is 9.47 Å². The van der Waals surface area contributed by atoms with Crippen molar-refractivity contribution in [1.29, 1.82) is 0 Å². The first-order valence-corrected chi connectivity index (χ1v) is 12.2. The zero-order valence-corrected chi connectivity index (χ0v) is 20.4. The summed E-state index contributed by atoms with van der Waals surface area (Å²) in [5, 5.41) is 3.95. The number of hydrogen-bond donors (Lipinski definition) is 1. The van der Waals surface area contributed by atoms with E-state index >= 15 is 0 Å². The highest BCUT2D eigenvalue weighted by atomic mass is 32.2. The molecule has 0 aliphatic carbocycles. The molecule has 9 heteroatoms. The van der Waals surface area contributed by atoms with Gasteiger partial charge in [-0.15, -0.1) is 0 Å². The van der Waals surface area contributed by atoms with E-state index in [-0.39, 0.29) is 4.90 Å². The SMILES string of the molecule is C=CCOc1ccc(/C=N/NC(=O)CN(c2ccc(OC)cc2)S(=O)(=O)c2ccc(C)cc2)cc1. The number of nitrogens with zero attached hydrogens (tertiary/aromatic N) is 2. The zero-order valence-electron chi connectivity index (χ0n) is 19.5. The minimum absolute atomic E-state index is 0.0778. The van der Waals surface area contributed by atoms with Crippen LogP contribution in [0, 0.1) is 6.92 Å². The molecule has 0 saturated heterocycles. The van der Waals surface area contributed by atoms with Crippen LogP contribution in [0.1, 0.15) is 11.1 Å². The Morgan fingerprint density at radius 3 is 2.23 bits per heavy atom. The van der Waals surface area contributed by atoms with Gasteiger partial charge >= 0.3 is 0 Å². The van der Waals surface area contributed by atoms with Gasteiger partial charge in [-0.2, -0.15) is 5.10 Å². The molecule has 3 aromatic rings. The number of carbonyl (C=O) groups excluding carboxylic acids is 1. The Kier molecular flexibility index (Phi) is 8.63. The molecule has 0 spiro atoms. The number of nitrogens with one attached hydrogen (secondary N) is 1. The molecule has 0 bridgehead atoms. The maximum absolute atomic E-state index is 13.4. The lowest BCUT2D eigenvalue weighted by Gasteiger charge is -2.24. The van der Waals surface area contributed by atoms with Gasteiger partial charge in [0.05, 0.1) is 23.9 Å². The fourth-order valence-electron chi connectivity index (χ4n) is 3.05. The third kappa shape index (κ3) is 6.94. The summed E-state index contributed by atoms with van der Waals surface area (Å²) in [6, 6.07) is 20.0. The molecule has 8 nitrogen and oxygen atoms in total. The number of sulfonamides is 1. The summed E-state index contributed by atoms with van der Waals surface area (Å²) in [5.74, 6) is 0.651. The van der Waals surface area contributed by atoms with Crippen molar-refractivity contribution in [3.8, 4) is 11.5 Å². The van der Waals surface area contributed by atoms with Crippen LogP contribution >= 0.6 is 0 Å². The number of hydrogen-bond acceptors (Lipinski definition) is 6. The first-order valence-electron chi connectivity index (χ1n) is 10.7. The van der Waals surface area contributed by atoms with Crippen LogP contribution in [-0.4, -0.2) is 40.8 Å². The van der Waals surface area contributed by atoms with Crippen LogP contribution in [0.2, 0.25) is 0 Å². The fraction of sp³-hybridized carbons (Fsp3) is 0.154. The lowest BCUT2D eigenvalue weighted by molar-refractivity contribution is -0.119. The standard InChI is InChI=1S/C26H27N3O5S/c1-4-17-34-24-11-7-21(8-12-24)18-27-28-26(30)19-29(22-9-13-23(33-3)14-10-22)35(31,32)25-15-5-20(2)6-16-25/h4-16,18H,1,17,19H2,2-3H3,(H,28,30)/b27-18+. The van der Waals surface area contributed by atoms with Crippen molar-refractivity contribution in [3.05, 3.63) is 96.6 Å². The molecule has 0 radical (unpaired) electrons. The molecule has 3 rings (SSSR count). The molecule has 3 aromatic carbocycles. The highest BCUT2D eigenvalue weighted by Crippen LogP contribution is 2.26. The molecule has 0 aromatic heterocycles. The van der Waals surface area contributed by atoms with Crippen molar-refractivity contribution in [1.82, 2.24) is 5.43 Å². The number of ether oxygens (including phenoxy) is 2. The number of methoxy groups -OCH3 is 1. The third-order valence-corrected chi connectivity index (χ3v) is 6.70. The second kappa shape index (κ2) is 11.8. The van der Waals surface area contributed by atoms with Crippen molar-refractivity contribution in [2.24, 2.45) is 5.10 Å². The van der Waals surface area contributed by atoms with Gasteiger partial charge in [0, 0.05) is 0 Å². The topological polar surface area (TPSA) is 97.3 Å². The predicted molar refractivity (Wildman–Crippen MR) is 137 cm³/mol. The minimum atomic E-state index is -4.02. The predicted octanol–water partition coefficient (Wildman–Crippen LogP) is 3.91. The van der Waals surface area contributed by atoms with Crippen LogP contribution in [0.5, 0.6) is 11.5 Å². The van der Waals surface area contributed by atoms with Crippen LogP contribution in [0.25, 0.3) is 0 Å². The lowest BCUT2D eigenvalue weighted by atomic mass is 10.2. The van der Waals surface area contributed by atoms with Crippen molar-refractivity contribution in [3.63, 3.8) is 0 Å². The van der Waals surface area contributed by atoms with E-state index in [2.05, 4.69) is 17.1 Å². The molecule has 0 heterocycles. The summed E-state index contributed by atoms with van der Waals surface area (Å²) >= 11 is 0. The van der Waals surface area contributed by atoms with Gasteiger partial charge < -0.3 is 9.47 Å². The van der Waals surface area contributed by atoms with Crippen LogP contribution in [-0.2, 0) is 14.8 Å². The number of amides is 1. The average Bonchev–Trinajstić information content (AvgIpc) is 2.87. The zero-order chi connectivity index (χ0) is 25.3. The van der Waals surface area contributed by atoms with Crippen molar-refractivity contribution >= 4 is 27.8 Å². The van der Waals surface area contributed by atoms with Crippen LogP contribution in [0.3, 0.4) is 0 Å². The van der Waals surface area contributed by atoms with Gasteiger partial charge in [-0.3, -0.25) is 9.10 Å². The summed E-state index contributed by atoms with van der Waals surface area (Å²) in [6.07, 6.45) is 3.11. The molecule has 1 N–H and O–H groups in total. The first-order chi connectivity index (χ1) is 16.8.